The third-order valence-corrected chi connectivity index (χ3v) is 4.88. The highest BCUT2D eigenvalue weighted by atomic mass is 35.5. The Morgan fingerprint density at radius 1 is 1.41 bits per heavy atom. The molecule has 112 valence electrons. The van der Waals surface area contributed by atoms with Crippen molar-refractivity contribution in [2.75, 3.05) is 11.9 Å². The Hall–Kier alpha value is -1.90. The molecule has 3 rings (SSSR count). The van der Waals surface area contributed by atoms with Gasteiger partial charge in [0.25, 0.3) is 11.8 Å². The van der Waals surface area contributed by atoms with Gasteiger partial charge in [0.15, 0.2) is 0 Å². The van der Waals surface area contributed by atoms with Crippen LogP contribution >= 0.6 is 35.6 Å². The quantitative estimate of drug-likeness (QED) is 0.623. The number of carbonyl (C=O) groups excluding carboxylic acids is 2. The van der Waals surface area contributed by atoms with E-state index in [4.69, 9.17) is 28.9 Å². The molecule has 1 aromatic rings. The third kappa shape index (κ3) is 2.29. The Morgan fingerprint density at radius 2 is 2.14 bits per heavy atom. The molecular weight excluding hydrogens is 348 g/mol. The summed E-state index contributed by atoms with van der Waals surface area (Å²) in [6, 6.07) is 4.96. The number of thioether (sulfide) groups is 1. The first-order chi connectivity index (χ1) is 10.4. The van der Waals surface area contributed by atoms with Gasteiger partial charge in [-0.15, -0.1) is 0 Å². The summed E-state index contributed by atoms with van der Waals surface area (Å²) in [6.07, 6.45) is 0. The van der Waals surface area contributed by atoms with Gasteiger partial charge < -0.3 is 10.4 Å². The standard InChI is InChI=1S/C13H7ClN2O4S2/c14-6-3-1-2-5-8(11(19)15-9(5)6)10-12(20)16(4-7(17)18)13(21)22-10/h1-3H,4H2,(H,15,19)(H,17,18)/b10-8+. The second kappa shape index (κ2) is 5.38. The van der Waals surface area contributed by atoms with Gasteiger partial charge in [0.2, 0.25) is 0 Å². The zero-order chi connectivity index (χ0) is 16.0. The highest BCUT2D eigenvalue weighted by Gasteiger charge is 2.40. The Kier molecular flexibility index (Phi) is 3.67. The number of para-hydroxylation sites is 1. The summed E-state index contributed by atoms with van der Waals surface area (Å²) in [4.78, 5) is 36.4. The Balaban J connectivity index is 2.11. The highest BCUT2D eigenvalue weighted by molar-refractivity contribution is 8.26. The number of anilines is 1. The number of nitrogens with zero attached hydrogens (tertiary/aromatic N) is 1. The summed E-state index contributed by atoms with van der Waals surface area (Å²) in [5.41, 5.74) is 1.11. The minimum Gasteiger partial charge on any atom is -0.480 e. The van der Waals surface area contributed by atoms with Crippen molar-refractivity contribution in [2.45, 2.75) is 0 Å². The lowest BCUT2D eigenvalue weighted by atomic mass is 10.1. The number of carbonyl (C=O) groups is 3. The second-order valence-corrected chi connectivity index (χ2v) is 6.53. The third-order valence-electron chi connectivity index (χ3n) is 3.12. The Bertz CT molecular complexity index is 790. The highest BCUT2D eigenvalue weighted by Crippen LogP contribution is 2.44. The molecule has 0 atom stereocenters. The van der Waals surface area contributed by atoms with Gasteiger partial charge in [-0.25, -0.2) is 0 Å². The van der Waals surface area contributed by atoms with Gasteiger partial charge in [-0.1, -0.05) is 47.7 Å². The predicted octanol–water partition coefficient (Wildman–Crippen LogP) is 1.95. The number of hydrogen-bond donors (Lipinski definition) is 2. The number of carboxylic acids is 1. The Morgan fingerprint density at radius 3 is 2.82 bits per heavy atom. The van der Waals surface area contributed by atoms with Crippen LogP contribution in [0.5, 0.6) is 0 Å². The number of aliphatic carboxylic acids is 1. The molecule has 1 fully saturated rings. The van der Waals surface area contributed by atoms with E-state index in [0.717, 1.165) is 16.7 Å². The molecule has 0 aromatic heterocycles. The largest absolute Gasteiger partial charge is 0.480 e. The summed E-state index contributed by atoms with van der Waals surface area (Å²) in [5.74, 6) is -2.23. The molecule has 0 bridgehead atoms. The fourth-order valence-corrected chi connectivity index (χ4v) is 3.76. The molecule has 2 amide bonds. The first-order valence-electron chi connectivity index (χ1n) is 6.00. The first kappa shape index (κ1) is 15.0. The van der Waals surface area contributed by atoms with Gasteiger partial charge in [0.1, 0.15) is 10.9 Å². The molecule has 9 heteroatoms. The summed E-state index contributed by atoms with van der Waals surface area (Å²) in [5, 5.41) is 11.8. The van der Waals surface area contributed by atoms with Crippen molar-refractivity contribution < 1.29 is 19.5 Å². The fraction of sp³-hybridized carbons (Fsp3) is 0.0769. The molecular formula is C13H7ClN2O4S2. The van der Waals surface area contributed by atoms with Crippen LogP contribution in [0.1, 0.15) is 5.56 Å². The van der Waals surface area contributed by atoms with Crippen molar-refractivity contribution >= 4 is 68.9 Å². The topological polar surface area (TPSA) is 86.7 Å². The van der Waals surface area contributed by atoms with Crippen molar-refractivity contribution in [2.24, 2.45) is 0 Å². The minimum absolute atomic E-state index is 0.109. The smallest absolute Gasteiger partial charge is 0.323 e. The molecule has 6 nitrogen and oxygen atoms in total. The molecule has 2 aliphatic rings. The zero-order valence-electron chi connectivity index (χ0n) is 10.8. The number of carboxylic acid groups (broad SMARTS) is 1. The molecule has 0 aliphatic carbocycles. The number of rotatable bonds is 2. The van der Waals surface area contributed by atoms with E-state index in [2.05, 4.69) is 5.32 Å². The second-order valence-electron chi connectivity index (χ2n) is 4.47. The van der Waals surface area contributed by atoms with E-state index < -0.39 is 24.3 Å². The first-order valence-corrected chi connectivity index (χ1v) is 7.60. The number of nitrogens with one attached hydrogen (secondary N) is 1. The van der Waals surface area contributed by atoms with Gasteiger partial charge >= 0.3 is 5.97 Å². The summed E-state index contributed by atoms with van der Waals surface area (Å²) in [7, 11) is 0. The summed E-state index contributed by atoms with van der Waals surface area (Å²) < 4.78 is 0.109. The summed E-state index contributed by atoms with van der Waals surface area (Å²) in [6.45, 7) is -0.536. The molecule has 0 saturated carbocycles. The number of fused-ring (bicyclic) bond motifs is 1. The van der Waals surface area contributed by atoms with Crippen LogP contribution in [-0.2, 0) is 14.4 Å². The van der Waals surface area contributed by atoms with E-state index in [9.17, 15) is 14.4 Å². The Labute approximate surface area is 139 Å². The van der Waals surface area contributed by atoms with E-state index in [1.807, 2.05) is 0 Å². The lowest BCUT2D eigenvalue weighted by molar-refractivity contribution is -0.140. The van der Waals surface area contributed by atoms with Crippen molar-refractivity contribution in [1.82, 2.24) is 4.90 Å². The van der Waals surface area contributed by atoms with Crippen LogP contribution < -0.4 is 5.32 Å². The van der Waals surface area contributed by atoms with Crippen LogP contribution in [0, 0.1) is 0 Å². The summed E-state index contributed by atoms with van der Waals surface area (Å²) >= 11 is 12.0. The molecule has 1 aromatic carbocycles. The van der Waals surface area contributed by atoms with Gasteiger partial charge in [-0.3, -0.25) is 19.3 Å². The van der Waals surface area contributed by atoms with Crippen LogP contribution in [0.2, 0.25) is 5.02 Å². The van der Waals surface area contributed by atoms with Crippen LogP contribution in [-0.4, -0.2) is 38.7 Å². The van der Waals surface area contributed by atoms with Crippen molar-refractivity contribution in [1.29, 1.82) is 0 Å². The van der Waals surface area contributed by atoms with Crippen molar-refractivity contribution in [3.05, 3.63) is 33.7 Å². The SMILES string of the molecule is O=C(O)CN1C(=O)/C(=C2\C(=O)Nc3c(Cl)cccc32)SC1=S. The van der Waals surface area contributed by atoms with E-state index in [1.54, 1.807) is 18.2 Å². The van der Waals surface area contributed by atoms with Gasteiger partial charge in [-0.2, -0.15) is 0 Å². The molecule has 0 radical (unpaired) electrons. The normalized spacial score (nSPS) is 20.4. The molecule has 22 heavy (non-hydrogen) atoms. The maximum Gasteiger partial charge on any atom is 0.323 e. The number of halogens is 1. The van der Waals surface area contributed by atoms with Crippen LogP contribution in [0.25, 0.3) is 5.57 Å². The van der Waals surface area contributed by atoms with Crippen molar-refractivity contribution in [3.8, 4) is 0 Å². The van der Waals surface area contributed by atoms with Crippen LogP contribution in [0.4, 0.5) is 5.69 Å². The zero-order valence-corrected chi connectivity index (χ0v) is 13.1. The number of thiocarbonyl (C=S) groups is 1. The number of hydrogen-bond acceptors (Lipinski definition) is 5. The maximum absolute atomic E-state index is 12.4. The average Bonchev–Trinajstić information content (AvgIpc) is 2.90. The van der Waals surface area contributed by atoms with Crippen LogP contribution in [0.15, 0.2) is 23.1 Å². The molecule has 0 unspecified atom stereocenters. The minimum atomic E-state index is -1.18. The van der Waals surface area contributed by atoms with E-state index >= 15 is 0 Å². The average molecular weight is 355 g/mol. The lowest BCUT2D eigenvalue weighted by Gasteiger charge is -2.10. The van der Waals surface area contributed by atoms with E-state index in [0.29, 0.717) is 16.3 Å². The van der Waals surface area contributed by atoms with Gasteiger partial charge in [0, 0.05) is 5.56 Å². The van der Waals surface area contributed by atoms with Gasteiger partial charge in [0.05, 0.1) is 21.2 Å². The molecule has 2 N–H and O–H groups in total. The molecule has 1 saturated heterocycles. The maximum atomic E-state index is 12.4. The number of amides is 2. The number of benzene rings is 1. The van der Waals surface area contributed by atoms with Crippen molar-refractivity contribution in [3.63, 3.8) is 0 Å². The van der Waals surface area contributed by atoms with Gasteiger partial charge in [-0.05, 0) is 6.07 Å². The molecule has 2 aliphatic heterocycles. The monoisotopic (exact) mass is 354 g/mol. The van der Waals surface area contributed by atoms with E-state index in [-0.39, 0.29) is 14.8 Å². The fourth-order valence-electron chi connectivity index (χ4n) is 2.20. The van der Waals surface area contributed by atoms with E-state index in [1.165, 1.54) is 0 Å². The molecule has 0 spiro atoms. The molecule has 2 heterocycles. The predicted molar refractivity (Wildman–Crippen MR) is 86.5 cm³/mol. The lowest BCUT2D eigenvalue weighted by Crippen LogP contribution is -2.33. The van der Waals surface area contributed by atoms with Crippen LogP contribution in [0.3, 0.4) is 0 Å².